The number of hydrogen-bond donors (Lipinski definition) is 2. The van der Waals surface area contributed by atoms with E-state index >= 15 is 0 Å². The van der Waals surface area contributed by atoms with Gasteiger partial charge in [-0.1, -0.05) is 0 Å². The molecule has 0 saturated heterocycles. The number of nitrogens with two attached hydrogens (primary N) is 1. The summed E-state index contributed by atoms with van der Waals surface area (Å²) in [6, 6.07) is 1.63. The second kappa shape index (κ2) is 5.11. The van der Waals surface area contributed by atoms with Gasteiger partial charge < -0.3 is 15.8 Å². The molecule has 0 aromatic carbocycles. The lowest BCUT2D eigenvalue weighted by Crippen LogP contribution is -2.18. The smallest absolute Gasteiger partial charge is 0.350 e. The highest BCUT2D eigenvalue weighted by atomic mass is 32.1. The van der Waals surface area contributed by atoms with Crippen molar-refractivity contribution in [2.75, 3.05) is 18.2 Å². The van der Waals surface area contributed by atoms with Gasteiger partial charge >= 0.3 is 5.97 Å². The summed E-state index contributed by atoms with van der Waals surface area (Å²) in [4.78, 5) is 23.9. The fourth-order valence-corrected chi connectivity index (χ4v) is 2.34. The number of nitrogens with zero attached hydrogens (tertiary/aromatic N) is 2. The number of hydrogen-bond acceptors (Lipinski definition) is 6. The molecule has 0 unspecified atom stereocenters. The van der Waals surface area contributed by atoms with Crippen LogP contribution in [0.1, 0.15) is 20.2 Å². The molecule has 3 N–H and O–H groups in total. The predicted molar refractivity (Wildman–Crippen MR) is 71.2 cm³/mol. The Labute approximate surface area is 113 Å². The first-order chi connectivity index (χ1) is 9.04. The van der Waals surface area contributed by atoms with Crippen LogP contribution in [0.4, 0.5) is 11.4 Å². The van der Waals surface area contributed by atoms with E-state index in [1.165, 1.54) is 29.3 Å². The van der Waals surface area contributed by atoms with Gasteiger partial charge in [-0.2, -0.15) is 5.10 Å². The van der Waals surface area contributed by atoms with E-state index in [0.29, 0.717) is 10.6 Å². The number of thiophene rings is 1. The lowest BCUT2D eigenvalue weighted by atomic mass is 10.3. The number of rotatable bonds is 3. The van der Waals surface area contributed by atoms with E-state index in [4.69, 9.17) is 5.73 Å². The molecule has 0 fully saturated rings. The number of amides is 1. The van der Waals surface area contributed by atoms with Crippen LogP contribution in [-0.4, -0.2) is 28.8 Å². The van der Waals surface area contributed by atoms with Gasteiger partial charge in [0.2, 0.25) is 0 Å². The summed E-state index contributed by atoms with van der Waals surface area (Å²) >= 11 is 1.19. The van der Waals surface area contributed by atoms with Crippen LogP contribution >= 0.6 is 11.3 Å². The average Bonchev–Trinajstić information content (AvgIpc) is 2.95. The van der Waals surface area contributed by atoms with E-state index in [1.807, 2.05) is 0 Å². The van der Waals surface area contributed by atoms with Gasteiger partial charge in [-0.25, -0.2) is 4.79 Å². The molecule has 100 valence electrons. The molecule has 0 aliphatic heterocycles. The number of esters is 1. The maximum absolute atomic E-state index is 12.1. The SMILES string of the molecule is COC(=O)c1sccc1NC(=O)c1c(N)cnn1C. The predicted octanol–water partition coefficient (Wildman–Crippen LogP) is 1.10. The van der Waals surface area contributed by atoms with Crippen molar-refractivity contribution in [2.24, 2.45) is 7.05 Å². The minimum atomic E-state index is -0.497. The Morgan fingerprint density at radius 2 is 2.26 bits per heavy atom. The first-order valence-electron chi connectivity index (χ1n) is 5.29. The summed E-state index contributed by atoms with van der Waals surface area (Å²) in [7, 11) is 2.90. The van der Waals surface area contributed by atoms with Crippen molar-refractivity contribution < 1.29 is 14.3 Å². The second-order valence-electron chi connectivity index (χ2n) is 3.68. The lowest BCUT2D eigenvalue weighted by molar-refractivity contribution is 0.0607. The molecule has 2 heterocycles. The number of ether oxygens (including phenoxy) is 1. The number of carbonyl (C=O) groups excluding carboxylic acids is 2. The Hall–Kier alpha value is -2.35. The highest BCUT2D eigenvalue weighted by Crippen LogP contribution is 2.24. The maximum Gasteiger partial charge on any atom is 0.350 e. The zero-order valence-corrected chi connectivity index (χ0v) is 11.2. The molecule has 0 bridgehead atoms. The van der Waals surface area contributed by atoms with Crippen LogP contribution in [0.3, 0.4) is 0 Å². The van der Waals surface area contributed by atoms with E-state index in [2.05, 4.69) is 15.2 Å². The largest absolute Gasteiger partial charge is 0.465 e. The van der Waals surface area contributed by atoms with Crippen molar-refractivity contribution >= 4 is 34.6 Å². The molecular weight excluding hydrogens is 268 g/mol. The standard InChI is InChI=1S/C11H12N4O3S/c1-15-8(6(12)5-13-15)10(16)14-7-3-4-19-9(7)11(17)18-2/h3-5H,12H2,1-2H3,(H,14,16). The summed E-state index contributed by atoms with van der Waals surface area (Å²) in [6.45, 7) is 0. The first kappa shape index (κ1) is 13.1. The molecule has 1 amide bonds. The number of aryl methyl sites for hydroxylation is 1. The molecule has 2 rings (SSSR count). The molecule has 7 nitrogen and oxygen atoms in total. The van der Waals surface area contributed by atoms with Crippen molar-refractivity contribution in [3.8, 4) is 0 Å². The summed E-state index contributed by atoms with van der Waals surface area (Å²) in [5.74, 6) is -0.927. The van der Waals surface area contributed by atoms with E-state index in [0.717, 1.165) is 0 Å². The Bertz CT molecular complexity index is 612. The zero-order chi connectivity index (χ0) is 14.0. The first-order valence-corrected chi connectivity index (χ1v) is 6.17. The van der Waals surface area contributed by atoms with Crippen LogP contribution < -0.4 is 11.1 Å². The minimum absolute atomic E-state index is 0.238. The molecule has 0 spiro atoms. The molecule has 0 atom stereocenters. The number of methoxy groups -OCH3 is 1. The second-order valence-corrected chi connectivity index (χ2v) is 4.60. The maximum atomic E-state index is 12.1. The van der Waals surface area contributed by atoms with Crippen molar-refractivity contribution in [3.05, 3.63) is 28.2 Å². The zero-order valence-electron chi connectivity index (χ0n) is 10.3. The van der Waals surface area contributed by atoms with E-state index < -0.39 is 11.9 Å². The van der Waals surface area contributed by atoms with Crippen molar-refractivity contribution in [1.29, 1.82) is 0 Å². The molecule has 0 aliphatic rings. The molecule has 19 heavy (non-hydrogen) atoms. The molecule has 0 saturated carbocycles. The van der Waals surface area contributed by atoms with Gasteiger partial charge in [-0.3, -0.25) is 9.48 Å². The number of nitrogens with one attached hydrogen (secondary N) is 1. The number of nitrogen functional groups attached to an aromatic ring is 1. The third-order valence-corrected chi connectivity index (χ3v) is 3.36. The summed E-state index contributed by atoms with van der Waals surface area (Å²) < 4.78 is 6.00. The fraction of sp³-hybridized carbons (Fsp3) is 0.182. The molecular formula is C11H12N4O3S. The van der Waals surface area contributed by atoms with Crippen molar-refractivity contribution in [3.63, 3.8) is 0 Å². The van der Waals surface area contributed by atoms with Crippen LogP contribution in [0.2, 0.25) is 0 Å². The highest BCUT2D eigenvalue weighted by Gasteiger charge is 2.19. The van der Waals surface area contributed by atoms with Crippen molar-refractivity contribution in [1.82, 2.24) is 9.78 Å². The van der Waals surface area contributed by atoms with E-state index in [9.17, 15) is 9.59 Å². The van der Waals surface area contributed by atoms with Gasteiger partial charge in [0.25, 0.3) is 5.91 Å². The fourth-order valence-electron chi connectivity index (χ4n) is 1.57. The van der Waals surface area contributed by atoms with Crippen LogP contribution in [0.5, 0.6) is 0 Å². The Morgan fingerprint density at radius 3 is 2.84 bits per heavy atom. The van der Waals surface area contributed by atoms with E-state index in [1.54, 1.807) is 18.5 Å². The molecule has 8 heteroatoms. The number of carbonyl (C=O) groups is 2. The quantitative estimate of drug-likeness (QED) is 0.820. The Balaban J connectivity index is 2.25. The molecule has 2 aromatic rings. The third-order valence-electron chi connectivity index (χ3n) is 2.47. The normalized spacial score (nSPS) is 10.2. The Morgan fingerprint density at radius 1 is 1.53 bits per heavy atom. The number of aromatic nitrogens is 2. The minimum Gasteiger partial charge on any atom is -0.465 e. The van der Waals surface area contributed by atoms with Gasteiger partial charge in [-0.05, 0) is 11.4 Å². The average molecular weight is 280 g/mol. The summed E-state index contributed by atoms with van der Waals surface area (Å²) in [5, 5.41) is 8.19. The summed E-state index contributed by atoms with van der Waals surface area (Å²) in [6.07, 6.45) is 1.39. The van der Waals surface area contributed by atoms with Gasteiger partial charge in [0.15, 0.2) is 0 Å². The molecule has 0 radical (unpaired) electrons. The van der Waals surface area contributed by atoms with Crippen molar-refractivity contribution in [2.45, 2.75) is 0 Å². The third kappa shape index (κ3) is 2.43. The van der Waals surface area contributed by atoms with E-state index in [-0.39, 0.29) is 11.4 Å². The lowest BCUT2D eigenvalue weighted by Gasteiger charge is -2.06. The van der Waals surface area contributed by atoms with Gasteiger partial charge in [0.05, 0.1) is 24.7 Å². The van der Waals surface area contributed by atoms with Gasteiger partial charge in [0, 0.05) is 7.05 Å². The van der Waals surface area contributed by atoms with Gasteiger partial charge in [0.1, 0.15) is 10.6 Å². The molecule has 0 aliphatic carbocycles. The van der Waals surface area contributed by atoms with Crippen LogP contribution in [0, 0.1) is 0 Å². The topological polar surface area (TPSA) is 99.2 Å². The Kier molecular flexibility index (Phi) is 3.52. The van der Waals surface area contributed by atoms with Crippen LogP contribution in [0.25, 0.3) is 0 Å². The number of anilines is 2. The highest BCUT2D eigenvalue weighted by molar-refractivity contribution is 7.12. The van der Waals surface area contributed by atoms with Gasteiger partial charge in [-0.15, -0.1) is 11.3 Å². The monoisotopic (exact) mass is 280 g/mol. The summed E-state index contributed by atoms with van der Waals surface area (Å²) in [5.41, 5.74) is 6.56. The molecule has 2 aromatic heterocycles. The van der Waals surface area contributed by atoms with Crippen LogP contribution in [0.15, 0.2) is 17.6 Å². The van der Waals surface area contributed by atoms with Crippen LogP contribution in [-0.2, 0) is 11.8 Å².